The summed E-state index contributed by atoms with van der Waals surface area (Å²) < 4.78 is 5.21. The monoisotopic (exact) mass is 311 g/mol. The SMILES string of the molecule is COCCN(CCC(O)c1ccc(Cl)cc1)C(C)C1CC1. The van der Waals surface area contributed by atoms with Gasteiger partial charge in [0.1, 0.15) is 0 Å². The van der Waals surface area contributed by atoms with Gasteiger partial charge in [-0.05, 0) is 49.8 Å². The number of aliphatic hydroxyl groups excluding tert-OH is 1. The zero-order valence-corrected chi connectivity index (χ0v) is 13.7. The summed E-state index contributed by atoms with van der Waals surface area (Å²) in [5, 5.41) is 11.0. The molecule has 1 aromatic rings. The van der Waals surface area contributed by atoms with E-state index in [4.69, 9.17) is 16.3 Å². The predicted octanol–water partition coefficient (Wildman–Crippen LogP) is 3.51. The first kappa shape index (κ1) is 16.8. The van der Waals surface area contributed by atoms with Gasteiger partial charge in [0.25, 0.3) is 0 Å². The van der Waals surface area contributed by atoms with Crippen LogP contribution in [0, 0.1) is 5.92 Å². The normalized spacial score (nSPS) is 18.0. The average molecular weight is 312 g/mol. The van der Waals surface area contributed by atoms with E-state index in [1.165, 1.54) is 12.8 Å². The summed E-state index contributed by atoms with van der Waals surface area (Å²) in [5.41, 5.74) is 0.935. The Morgan fingerprint density at radius 1 is 1.29 bits per heavy atom. The Kier molecular flexibility index (Phi) is 6.49. The smallest absolute Gasteiger partial charge is 0.0802 e. The quantitative estimate of drug-likeness (QED) is 0.757. The lowest BCUT2D eigenvalue weighted by Gasteiger charge is -2.29. The van der Waals surface area contributed by atoms with Gasteiger partial charge in [0, 0.05) is 31.3 Å². The van der Waals surface area contributed by atoms with E-state index in [1.54, 1.807) is 7.11 Å². The highest BCUT2D eigenvalue weighted by atomic mass is 35.5. The minimum absolute atomic E-state index is 0.432. The summed E-state index contributed by atoms with van der Waals surface area (Å²) in [4.78, 5) is 2.44. The molecule has 1 aromatic carbocycles. The van der Waals surface area contributed by atoms with Crippen molar-refractivity contribution in [3.8, 4) is 0 Å². The van der Waals surface area contributed by atoms with Gasteiger partial charge in [-0.1, -0.05) is 23.7 Å². The second kappa shape index (κ2) is 8.14. The maximum absolute atomic E-state index is 10.3. The van der Waals surface area contributed by atoms with E-state index < -0.39 is 6.10 Å². The summed E-state index contributed by atoms with van der Waals surface area (Å²) in [6.45, 7) is 4.86. The van der Waals surface area contributed by atoms with Crippen LogP contribution in [0.1, 0.15) is 37.9 Å². The first-order chi connectivity index (χ1) is 10.1. The van der Waals surface area contributed by atoms with E-state index >= 15 is 0 Å². The number of halogens is 1. The molecule has 1 aliphatic carbocycles. The maximum Gasteiger partial charge on any atom is 0.0802 e. The molecule has 0 spiro atoms. The number of benzene rings is 1. The molecule has 0 heterocycles. The fourth-order valence-corrected chi connectivity index (χ4v) is 2.87. The highest BCUT2D eigenvalue weighted by Gasteiger charge is 2.31. The van der Waals surface area contributed by atoms with Crippen molar-refractivity contribution in [1.82, 2.24) is 4.90 Å². The standard InChI is InChI=1S/C17H26ClNO2/c1-13(14-3-4-14)19(11-12-21-2)10-9-17(20)15-5-7-16(18)8-6-15/h5-8,13-14,17,20H,3-4,9-12H2,1-2H3. The summed E-state index contributed by atoms with van der Waals surface area (Å²) in [6.07, 6.45) is 2.98. The Bertz CT molecular complexity index is 419. The zero-order valence-electron chi connectivity index (χ0n) is 13.0. The molecule has 0 bridgehead atoms. The number of hydrogen-bond acceptors (Lipinski definition) is 3. The number of nitrogens with zero attached hydrogens (tertiary/aromatic N) is 1. The van der Waals surface area contributed by atoms with Gasteiger partial charge in [-0.2, -0.15) is 0 Å². The van der Waals surface area contributed by atoms with Crippen LogP contribution in [0.3, 0.4) is 0 Å². The molecule has 1 aliphatic rings. The second-order valence-electron chi connectivity index (χ2n) is 5.96. The second-order valence-corrected chi connectivity index (χ2v) is 6.40. The van der Waals surface area contributed by atoms with E-state index in [9.17, 15) is 5.11 Å². The first-order valence-corrected chi connectivity index (χ1v) is 8.16. The molecule has 0 radical (unpaired) electrons. The molecule has 0 amide bonds. The van der Waals surface area contributed by atoms with Crippen LogP contribution in [0.2, 0.25) is 5.02 Å². The first-order valence-electron chi connectivity index (χ1n) is 7.78. The fraction of sp³-hybridized carbons (Fsp3) is 0.647. The minimum atomic E-state index is -0.432. The van der Waals surface area contributed by atoms with Gasteiger partial charge in [0.05, 0.1) is 12.7 Å². The van der Waals surface area contributed by atoms with Gasteiger partial charge in [-0.3, -0.25) is 4.90 Å². The minimum Gasteiger partial charge on any atom is -0.388 e. The summed E-state index contributed by atoms with van der Waals surface area (Å²) in [6, 6.07) is 8.04. The Balaban J connectivity index is 1.85. The van der Waals surface area contributed by atoms with Crippen molar-refractivity contribution < 1.29 is 9.84 Å². The van der Waals surface area contributed by atoms with Gasteiger partial charge in [-0.15, -0.1) is 0 Å². The third kappa shape index (κ3) is 5.26. The number of methoxy groups -OCH3 is 1. The Hall–Kier alpha value is -0.610. The molecule has 4 heteroatoms. The van der Waals surface area contributed by atoms with Crippen LogP contribution < -0.4 is 0 Å². The van der Waals surface area contributed by atoms with Crippen LogP contribution in [0.4, 0.5) is 0 Å². The molecule has 3 nitrogen and oxygen atoms in total. The predicted molar refractivity (Wildman–Crippen MR) is 86.7 cm³/mol. The van der Waals surface area contributed by atoms with Gasteiger partial charge in [0.2, 0.25) is 0 Å². The van der Waals surface area contributed by atoms with Crippen LogP contribution in [0.5, 0.6) is 0 Å². The van der Waals surface area contributed by atoms with Crippen LogP contribution >= 0.6 is 11.6 Å². The zero-order chi connectivity index (χ0) is 15.2. The molecule has 1 saturated carbocycles. The molecular formula is C17H26ClNO2. The average Bonchev–Trinajstić information content (AvgIpc) is 3.32. The van der Waals surface area contributed by atoms with E-state index in [-0.39, 0.29) is 0 Å². The molecule has 2 rings (SSSR count). The number of rotatable bonds is 9. The Labute approximate surface area is 132 Å². The van der Waals surface area contributed by atoms with Crippen molar-refractivity contribution in [3.63, 3.8) is 0 Å². The molecular weight excluding hydrogens is 286 g/mol. The molecule has 1 N–H and O–H groups in total. The highest BCUT2D eigenvalue weighted by molar-refractivity contribution is 6.30. The molecule has 21 heavy (non-hydrogen) atoms. The van der Waals surface area contributed by atoms with Crippen molar-refractivity contribution in [2.24, 2.45) is 5.92 Å². The van der Waals surface area contributed by atoms with Crippen molar-refractivity contribution in [3.05, 3.63) is 34.9 Å². The van der Waals surface area contributed by atoms with Crippen molar-refractivity contribution in [1.29, 1.82) is 0 Å². The number of ether oxygens (including phenoxy) is 1. The van der Waals surface area contributed by atoms with E-state index in [0.717, 1.165) is 37.6 Å². The summed E-state index contributed by atoms with van der Waals surface area (Å²) in [5.74, 6) is 0.828. The van der Waals surface area contributed by atoms with E-state index in [2.05, 4.69) is 11.8 Å². The largest absolute Gasteiger partial charge is 0.388 e. The summed E-state index contributed by atoms with van der Waals surface area (Å²) >= 11 is 5.88. The van der Waals surface area contributed by atoms with Gasteiger partial charge >= 0.3 is 0 Å². The lowest BCUT2D eigenvalue weighted by Crippen LogP contribution is -2.38. The Morgan fingerprint density at radius 2 is 1.95 bits per heavy atom. The lowest BCUT2D eigenvalue weighted by atomic mass is 10.1. The molecule has 0 aromatic heterocycles. The lowest BCUT2D eigenvalue weighted by molar-refractivity contribution is 0.0917. The Morgan fingerprint density at radius 3 is 2.52 bits per heavy atom. The van der Waals surface area contributed by atoms with Gasteiger partial charge < -0.3 is 9.84 Å². The van der Waals surface area contributed by atoms with E-state index in [0.29, 0.717) is 11.1 Å². The van der Waals surface area contributed by atoms with Crippen LogP contribution in [0.15, 0.2) is 24.3 Å². The molecule has 2 unspecified atom stereocenters. The molecule has 0 aliphatic heterocycles. The summed E-state index contributed by atoms with van der Waals surface area (Å²) in [7, 11) is 1.74. The van der Waals surface area contributed by atoms with Gasteiger partial charge in [0.15, 0.2) is 0 Å². The molecule has 0 saturated heterocycles. The third-order valence-corrected chi connectivity index (χ3v) is 4.66. The molecule has 1 fully saturated rings. The third-order valence-electron chi connectivity index (χ3n) is 4.41. The number of hydrogen-bond donors (Lipinski definition) is 1. The molecule has 2 atom stereocenters. The van der Waals surface area contributed by atoms with Crippen LogP contribution in [0.25, 0.3) is 0 Å². The van der Waals surface area contributed by atoms with Gasteiger partial charge in [-0.25, -0.2) is 0 Å². The van der Waals surface area contributed by atoms with Crippen molar-refractivity contribution in [2.45, 2.75) is 38.3 Å². The van der Waals surface area contributed by atoms with Crippen LogP contribution in [-0.4, -0.2) is 42.9 Å². The maximum atomic E-state index is 10.3. The topological polar surface area (TPSA) is 32.7 Å². The number of aliphatic hydroxyl groups is 1. The van der Waals surface area contributed by atoms with Crippen molar-refractivity contribution in [2.75, 3.05) is 26.8 Å². The van der Waals surface area contributed by atoms with Crippen molar-refractivity contribution >= 4 is 11.6 Å². The van der Waals surface area contributed by atoms with E-state index in [1.807, 2.05) is 24.3 Å². The van der Waals surface area contributed by atoms with Crippen LogP contribution in [-0.2, 0) is 4.74 Å². The fourth-order valence-electron chi connectivity index (χ4n) is 2.74. The highest BCUT2D eigenvalue weighted by Crippen LogP contribution is 2.35. The molecule has 118 valence electrons.